The Kier molecular flexibility index (Phi) is 7.06. The predicted molar refractivity (Wildman–Crippen MR) is 71.8 cm³/mol. The van der Waals surface area contributed by atoms with Crippen LogP contribution in [0.5, 0.6) is 0 Å². The first kappa shape index (κ1) is 14.0. The molecular weight excluding hydrogens is 196 g/mol. The minimum Gasteiger partial charge on any atom is -0.317 e. The van der Waals surface area contributed by atoms with Gasteiger partial charge in [-0.2, -0.15) is 0 Å². The second kappa shape index (κ2) is 8.08. The van der Waals surface area contributed by atoms with Crippen LogP contribution in [0.25, 0.3) is 0 Å². The standard InChI is InChI=1S/C14H30N2/c1-4-15-11-10-13(2)16(3)12-14-8-6-5-7-9-14/h13-15H,4-12H2,1-3H3. The lowest BCUT2D eigenvalue weighted by Gasteiger charge is -2.31. The number of hydrogen-bond acceptors (Lipinski definition) is 2. The van der Waals surface area contributed by atoms with Gasteiger partial charge in [-0.25, -0.2) is 0 Å². The van der Waals surface area contributed by atoms with E-state index in [1.54, 1.807) is 0 Å². The van der Waals surface area contributed by atoms with Gasteiger partial charge in [-0.05, 0) is 52.2 Å². The second-order valence-corrected chi connectivity index (χ2v) is 5.43. The molecule has 96 valence electrons. The van der Waals surface area contributed by atoms with Crippen molar-refractivity contribution in [3.05, 3.63) is 0 Å². The Morgan fingerprint density at radius 2 is 1.94 bits per heavy atom. The molecule has 1 fully saturated rings. The molecule has 2 nitrogen and oxygen atoms in total. The maximum absolute atomic E-state index is 3.41. The molecule has 1 atom stereocenters. The van der Waals surface area contributed by atoms with E-state index in [1.807, 2.05) is 0 Å². The van der Waals surface area contributed by atoms with Crippen molar-refractivity contribution in [2.75, 3.05) is 26.7 Å². The van der Waals surface area contributed by atoms with E-state index in [0.29, 0.717) is 0 Å². The molecule has 0 spiro atoms. The molecule has 16 heavy (non-hydrogen) atoms. The number of hydrogen-bond donors (Lipinski definition) is 1. The zero-order chi connectivity index (χ0) is 11.8. The monoisotopic (exact) mass is 226 g/mol. The molecule has 0 aromatic carbocycles. The zero-order valence-corrected chi connectivity index (χ0v) is 11.5. The Morgan fingerprint density at radius 1 is 1.25 bits per heavy atom. The molecule has 0 saturated heterocycles. The topological polar surface area (TPSA) is 15.3 Å². The molecule has 0 radical (unpaired) electrons. The van der Waals surface area contributed by atoms with Gasteiger partial charge in [0, 0.05) is 12.6 Å². The third-order valence-corrected chi connectivity index (χ3v) is 4.01. The summed E-state index contributed by atoms with van der Waals surface area (Å²) >= 11 is 0. The van der Waals surface area contributed by atoms with Crippen molar-refractivity contribution in [1.29, 1.82) is 0 Å². The lowest BCUT2D eigenvalue weighted by Crippen LogP contribution is -2.36. The maximum Gasteiger partial charge on any atom is 0.00760 e. The zero-order valence-electron chi connectivity index (χ0n) is 11.5. The highest BCUT2D eigenvalue weighted by atomic mass is 15.1. The Bertz CT molecular complexity index is 164. The minimum atomic E-state index is 0.723. The summed E-state index contributed by atoms with van der Waals surface area (Å²) < 4.78 is 0. The molecule has 0 aromatic rings. The fraction of sp³-hybridized carbons (Fsp3) is 1.00. The summed E-state index contributed by atoms with van der Waals surface area (Å²) in [4.78, 5) is 2.56. The highest BCUT2D eigenvalue weighted by Crippen LogP contribution is 2.24. The van der Waals surface area contributed by atoms with Crippen molar-refractivity contribution < 1.29 is 0 Å². The van der Waals surface area contributed by atoms with Crippen molar-refractivity contribution in [3.8, 4) is 0 Å². The van der Waals surface area contributed by atoms with Crippen LogP contribution in [0.3, 0.4) is 0 Å². The summed E-state index contributed by atoms with van der Waals surface area (Å²) in [6.07, 6.45) is 8.59. The van der Waals surface area contributed by atoms with E-state index in [0.717, 1.165) is 25.0 Å². The van der Waals surface area contributed by atoms with E-state index in [1.165, 1.54) is 45.1 Å². The molecule has 1 aliphatic carbocycles. The lowest BCUT2D eigenvalue weighted by molar-refractivity contribution is 0.184. The van der Waals surface area contributed by atoms with Crippen LogP contribution in [-0.2, 0) is 0 Å². The van der Waals surface area contributed by atoms with Crippen LogP contribution in [0, 0.1) is 5.92 Å². The molecule has 2 heteroatoms. The van der Waals surface area contributed by atoms with Gasteiger partial charge in [0.1, 0.15) is 0 Å². The summed E-state index contributed by atoms with van der Waals surface area (Å²) in [5.41, 5.74) is 0. The van der Waals surface area contributed by atoms with Crippen molar-refractivity contribution in [3.63, 3.8) is 0 Å². The van der Waals surface area contributed by atoms with E-state index < -0.39 is 0 Å². The Hall–Kier alpha value is -0.0800. The molecule has 0 bridgehead atoms. The fourth-order valence-electron chi connectivity index (χ4n) is 2.67. The summed E-state index contributed by atoms with van der Waals surface area (Å²) in [5, 5.41) is 3.41. The van der Waals surface area contributed by atoms with Gasteiger partial charge in [-0.3, -0.25) is 0 Å². The summed E-state index contributed by atoms with van der Waals surface area (Å²) in [5.74, 6) is 0.973. The molecular formula is C14H30N2. The van der Waals surface area contributed by atoms with E-state index in [2.05, 4.69) is 31.1 Å². The van der Waals surface area contributed by atoms with Gasteiger partial charge in [0.25, 0.3) is 0 Å². The van der Waals surface area contributed by atoms with Crippen LogP contribution in [0.15, 0.2) is 0 Å². The average molecular weight is 226 g/mol. The molecule has 0 heterocycles. The van der Waals surface area contributed by atoms with E-state index in [4.69, 9.17) is 0 Å². The Balaban J connectivity index is 2.14. The largest absolute Gasteiger partial charge is 0.317 e. The smallest absolute Gasteiger partial charge is 0.00760 e. The molecule has 1 rings (SSSR count). The van der Waals surface area contributed by atoms with Gasteiger partial charge in [0.15, 0.2) is 0 Å². The van der Waals surface area contributed by atoms with Crippen molar-refractivity contribution in [2.45, 2.75) is 58.4 Å². The van der Waals surface area contributed by atoms with Crippen molar-refractivity contribution in [2.24, 2.45) is 5.92 Å². The molecule has 0 amide bonds. The molecule has 0 aromatic heterocycles. The van der Waals surface area contributed by atoms with Gasteiger partial charge in [0.2, 0.25) is 0 Å². The quantitative estimate of drug-likeness (QED) is 0.672. The summed E-state index contributed by atoms with van der Waals surface area (Å²) in [6, 6.07) is 0.723. The third-order valence-electron chi connectivity index (χ3n) is 4.01. The van der Waals surface area contributed by atoms with Gasteiger partial charge >= 0.3 is 0 Å². The molecule has 1 N–H and O–H groups in total. The van der Waals surface area contributed by atoms with Gasteiger partial charge in [0.05, 0.1) is 0 Å². The van der Waals surface area contributed by atoms with E-state index >= 15 is 0 Å². The van der Waals surface area contributed by atoms with Crippen molar-refractivity contribution in [1.82, 2.24) is 10.2 Å². The normalized spacial score (nSPS) is 20.2. The number of rotatable bonds is 7. The van der Waals surface area contributed by atoms with E-state index in [-0.39, 0.29) is 0 Å². The predicted octanol–water partition coefficient (Wildman–Crippen LogP) is 2.89. The van der Waals surface area contributed by atoms with Crippen LogP contribution in [0.4, 0.5) is 0 Å². The van der Waals surface area contributed by atoms with Crippen LogP contribution in [-0.4, -0.2) is 37.6 Å². The van der Waals surface area contributed by atoms with E-state index in [9.17, 15) is 0 Å². The molecule has 1 aliphatic rings. The molecule has 1 saturated carbocycles. The van der Waals surface area contributed by atoms with Crippen LogP contribution >= 0.6 is 0 Å². The lowest BCUT2D eigenvalue weighted by atomic mass is 9.89. The van der Waals surface area contributed by atoms with Crippen LogP contribution in [0.1, 0.15) is 52.4 Å². The molecule has 1 unspecified atom stereocenters. The average Bonchev–Trinajstić information content (AvgIpc) is 2.30. The first-order valence-electron chi connectivity index (χ1n) is 7.15. The van der Waals surface area contributed by atoms with Crippen molar-refractivity contribution >= 4 is 0 Å². The van der Waals surface area contributed by atoms with Gasteiger partial charge < -0.3 is 10.2 Å². The SMILES string of the molecule is CCNCCC(C)N(C)CC1CCCCC1. The first-order valence-corrected chi connectivity index (χ1v) is 7.15. The summed E-state index contributed by atoms with van der Waals surface area (Å²) in [7, 11) is 2.30. The van der Waals surface area contributed by atoms with Crippen LogP contribution in [0.2, 0.25) is 0 Å². The number of nitrogens with one attached hydrogen (secondary N) is 1. The summed E-state index contributed by atoms with van der Waals surface area (Å²) in [6.45, 7) is 8.11. The third kappa shape index (κ3) is 5.31. The first-order chi connectivity index (χ1) is 7.74. The maximum atomic E-state index is 3.41. The van der Waals surface area contributed by atoms with Gasteiger partial charge in [-0.1, -0.05) is 26.2 Å². The Morgan fingerprint density at radius 3 is 2.56 bits per heavy atom. The Labute approximate surface area is 102 Å². The fourth-order valence-corrected chi connectivity index (χ4v) is 2.67. The number of nitrogens with zero attached hydrogens (tertiary/aromatic N) is 1. The highest BCUT2D eigenvalue weighted by Gasteiger charge is 2.17. The minimum absolute atomic E-state index is 0.723. The van der Waals surface area contributed by atoms with Gasteiger partial charge in [-0.15, -0.1) is 0 Å². The van der Waals surface area contributed by atoms with Crippen LogP contribution < -0.4 is 5.32 Å². The highest BCUT2D eigenvalue weighted by molar-refractivity contribution is 4.72. The second-order valence-electron chi connectivity index (χ2n) is 5.43. The molecule has 0 aliphatic heterocycles.